The molecule has 2 N–H and O–H groups in total. The molecule has 1 fully saturated rings. The van der Waals surface area contributed by atoms with Gasteiger partial charge in [0, 0.05) is 43.3 Å². The van der Waals surface area contributed by atoms with Crippen molar-refractivity contribution < 1.29 is 4.79 Å². The first-order valence-electron chi connectivity index (χ1n) is 10.4. The van der Waals surface area contributed by atoms with E-state index in [2.05, 4.69) is 44.3 Å². The number of carbonyl (C=O) groups excluding carboxylic acids is 1. The van der Waals surface area contributed by atoms with Gasteiger partial charge in [-0.1, -0.05) is 12.1 Å². The Labute approximate surface area is 178 Å². The predicted molar refractivity (Wildman–Crippen MR) is 120 cm³/mol. The first-order chi connectivity index (χ1) is 14.6. The fourth-order valence-corrected chi connectivity index (χ4v) is 5.57. The fraction of sp³-hybridized carbons (Fsp3) is 0.409. The van der Waals surface area contributed by atoms with Gasteiger partial charge in [0.2, 0.25) is 5.82 Å². The number of thiophene rings is 1. The van der Waals surface area contributed by atoms with E-state index >= 15 is 0 Å². The van der Waals surface area contributed by atoms with Crippen molar-refractivity contribution in [3.63, 3.8) is 0 Å². The molecule has 1 amide bonds. The van der Waals surface area contributed by atoms with Crippen LogP contribution in [0.5, 0.6) is 0 Å². The Kier molecular flexibility index (Phi) is 5.04. The highest BCUT2D eigenvalue weighted by Crippen LogP contribution is 2.34. The van der Waals surface area contributed by atoms with Crippen molar-refractivity contribution in [1.82, 2.24) is 20.2 Å². The SMILES string of the molecule is CN1CCN(c2cccc(CNC(=O)c3nc4sc5c(c4c(=O)[nH]3)CCC5)c2)CC1. The van der Waals surface area contributed by atoms with Crippen molar-refractivity contribution in [2.45, 2.75) is 25.8 Å². The number of rotatable bonds is 4. The minimum atomic E-state index is -0.354. The molecule has 156 valence electrons. The zero-order valence-electron chi connectivity index (χ0n) is 17.0. The second-order valence-electron chi connectivity index (χ2n) is 8.09. The topological polar surface area (TPSA) is 81.3 Å². The molecule has 30 heavy (non-hydrogen) atoms. The number of piperazine rings is 1. The van der Waals surface area contributed by atoms with Crippen LogP contribution in [0, 0.1) is 0 Å². The van der Waals surface area contributed by atoms with Crippen LogP contribution in [-0.4, -0.2) is 54.0 Å². The summed E-state index contributed by atoms with van der Waals surface area (Å²) in [5, 5.41) is 3.57. The molecule has 1 saturated heterocycles. The highest BCUT2D eigenvalue weighted by Gasteiger charge is 2.22. The summed E-state index contributed by atoms with van der Waals surface area (Å²) in [6.45, 7) is 4.50. The molecule has 0 atom stereocenters. The van der Waals surface area contributed by atoms with E-state index < -0.39 is 0 Å². The molecule has 5 rings (SSSR count). The van der Waals surface area contributed by atoms with Crippen LogP contribution in [0.1, 0.15) is 33.0 Å². The Hall–Kier alpha value is -2.71. The maximum atomic E-state index is 12.7. The van der Waals surface area contributed by atoms with Crippen LogP contribution in [0.2, 0.25) is 0 Å². The second-order valence-corrected chi connectivity index (χ2v) is 9.18. The number of H-pyrrole nitrogens is 1. The van der Waals surface area contributed by atoms with Crippen molar-refractivity contribution >= 4 is 33.1 Å². The molecule has 0 spiro atoms. The number of aromatic amines is 1. The molecule has 0 bridgehead atoms. The number of amides is 1. The Bertz CT molecular complexity index is 1160. The molecule has 7 nitrogen and oxygen atoms in total. The van der Waals surface area contributed by atoms with Crippen LogP contribution >= 0.6 is 11.3 Å². The smallest absolute Gasteiger partial charge is 0.287 e. The number of carbonyl (C=O) groups is 1. The van der Waals surface area contributed by atoms with Gasteiger partial charge in [-0.05, 0) is 49.6 Å². The molecule has 2 aromatic heterocycles. The third-order valence-corrected chi connectivity index (χ3v) is 7.21. The fourth-order valence-electron chi connectivity index (χ4n) is 4.30. The minimum Gasteiger partial charge on any atom is -0.369 e. The molecule has 3 aromatic rings. The maximum Gasteiger partial charge on any atom is 0.287 e. The average molecular weight is 424 g/mol. The van der Waals surface area contributed by atoms with Crippen molar-refractivity contribution in [3.8, 4) is 0 Å². The number of likely N-dealkylation sites (N-methyl/N-ethyl adjacent to an activating group) is 1. The number of nitrogens with zero attached hydrogens (tertiary/aromatic N) is 3. The van der Waals surface area contributed by atoms with E-state index in [9.17, 15) is 9.59 Å². The van der Waals surface area contributed by atoms with Crippen molar-refractivity contribution in [2.75, 3.05) is 38.1 Å². The van der Waals surface area contributed by atoms with E-state index in [0.717, 1.165) is 56.6 Å². The van der Waals surface area contributed by atoms with Gasteiger partial charge in [-0.25, -0.2) is 4.98 Å². The molecule has 2 aliphatic rings. The summed E-state index contributed by atoms with van der Waals surface area (Å²) in [7, 11) is 2.14. The zero-order chi connectivity index (χ0) is 20.7. The number of anilines is 1. The highest BCUT2D eigenvalue weighted by molar-refractivity contribution is 7.18. The van der Waals surface area contributed by atoms with Crippen LogP contribution in [0.25, 0.3) is 10.2 Å². The predicted octanol–water partition coefficient (Wildman–Crippen LogP) is 2.16. The number of hydrogen-bond acceptors (Lipinski definition) is 6. The Morgan fingerprint density at radius 2 is 2.07 bits per heavy atom. The summed E-state index contributed by atoms with van der Waals surface area (Å²) < 4.78 is 0. The molecule has 0 saturated carbocycles. The van der Waals surface area contributed by atoms with Gasteiger partial charge in [0.05, 0.1) is 5.39 Å². The number of aryl methyl sites for hydroxylation is 2. The van der Waals surface area contributed by atoms with Gasteiger partial charge >= 0.3 is 0 Å². The van der Waals surface area contributed by atoms with Gasteiger partial charge in [0.1, 0.15) is 4.83 Å². The van der Waals surface area contributed by atoms with E-state index in [1.807, 2.05) is 12.1 Å². The third kappa shape index (κ3) is 3.61. The largest absolute Gasteiger partial charge is 0.369 e. The normalized spacial score (nSPS) is 16.8. The summed E-state index contributed by atoms with van der Waals surface area (Å²) in [5.41, 5.74) is 3.12. The summed E-state index contributed by atoms with van der Waals surface area (Å²) >= 11 is 1.54. The molecular formula is C22H25N5O2S. The number of aromatic nitrogens is 2. The van der Waals surface area contributed by atoms with Gasteiger partial charge < -0.3 is 20.1 Å². The molecule has 0 unspecified atom stereocenters. The Balaban J connectivity index is 1.29. The van der Waals surface area contributed by atoms with Crippen LogP contribution in [-0.2, 0) is 19.4 Å². The lowest BCUT2D eigenvalue weighted by Crippen LogP contribution is -2.44. The monoisotopic (exact) mass is 423 g/mol. The highest BCUT2D eigenvalue weighted by atomic mass is 32.1. The summed E-state index contributed by atoms with van der Waals surface area (Å²) in [6, 6.07) is 8.26. The van der Waals surface area contributed by atoms with Gasteiger partial charge in [-0.3, -0.25) is 9.59 Å². The zero-order valence-corrected chi connectivity index (χ0v) is 17.8. The average Bonchev–Trinajstić information content (AvgIpc) is 3.33. The molecule has 1 aliphatic heterocycles. The lowest BCUT2D eigenvalue weighted by Gasteiger charge is -2.34. The molecule has 1 aliphatic carbocycles. The first-order valence-corrected chi connectivity index (χ1v) is 11.3. The summed E-state index contributed by atoms with van der Waals surface area (Å²) in [6.07, 6.45) is 3.02. The maximum absolute atomic E-state index is 12.7. The number of fused-ring (bicyclic) bond motifs is 3. The summed E-state index contributed by atoms with van der Waals surface area (Å²) in [5.74, 6) is -0.268. The van der Waals surface area contributed by atoms with E-state index in [1.54, 1.807) is 11.3 Å². The van der Waals surface area contributed by atoms with Crippen LogP contribution in [0.15, 0.2) is 29.1 Å². The number of benzene rings is 1. The van der Waals surface area contributed by atoms with E-state index in [1.165, 1.54) is 10.6 Å². The van der Waals surface area contributed by atoms with Gasteiger partial charge in [0.25, 0.3) is 11.5 Å². The Morgan fingerprint density at radius 3 is 2.90 bits per heavy atom. The van der Waals surface area contributed by atoms with E-state index in [-0.39, 0.29) is 17.3 Å². The first kappa shape index (κ1) is 19.3. The molecular weight excluding hydrogens is 398 g/mol. The third-order valence-electron chi connectivity index (χ3n) is 6.02. The summed E-state index contributed by atoms with van der Waals surface area (Å²) in [4.78, 5) is 39.0. The molecule has 8 heteroatoms. The quantitative estimate of drug-likeness (QED) is 0.672. The van der Waals surface area contributed by atoms with Gasteiger partial charge in [0.15, 0.2) is 0 Å². The van der Waals surface area contributed by atoms with Crippen LogP contribution in [0.4, 0.5) is 5.69 Å². The van der Waals surface area contributed by atoms with Crippen molar-refractivity contribution in [1.29, 1.82) is 0 Å². The molecule has 3 heterocycles. The molecule has 0 radical (unpaired) electrons. The van der Waals surface area contributed by atoms with E-state index in [0.29, 0.717) is 16.8 Å². The lowest BCUT2D eigenvalue weighted by atomic mass is 10.1. The van der Waals surface area contributed by atoms with Crippen molar-refractivity contribution in [3.05, 3.63) is 56.4 Å². The van der Waals surface area contributed by atoms with Crippen molar-refractivity contribution in [2.24, 2.45) is 0 Å². The second kappa shape index (κ2) is 7.85. The van der Waals surface area contributed by atoms with E-state index in [4.69, 9.17) is 0 Å². The lowest BCUT2D eigenvalue weighted by molar-refractivity contribution is 0.0940. The van der Waals surface area contributed by atoms with Crippen LogP contribution in [0.3, 0.4) is 0 Å². The minimum absolute atomic E-state index is 0.0858. The van der Waals surface area contributed by atoms with Gasteiger partial charge in [-0.2, -0.15) is 0 Å². The molecule has 1 aromatic carbocycles. The Morgan fingerprint density at radius 1 is 1.23 bits per heavy atom. The number of hydrogen-bond donors (Lipinski definition) is 2. The number of nitrogens with one attached hydrogen (secondary N) is 2. The van der Waals surface area contributed by atoms with Gasteiger partial charge in [-0.15, -0.1) is 11.3 Å². The standard InChI is InChI=1S/C22H25N5O2S/c1-26-8-10-27(11-9-26)15-5-2-4-14(12-15)13-23-21(29)19-24-20(28)18-16-6-3-7-17(16)30-22(18)25-19/h2,4-5,12H,3,6-11,13H2,1H3,(H,23,29)(H,24,25,28). The van der Waals surface area contributed by atoms with Crippen LogP contribution < -0.4 is 15.8 Å².